The van der Waals surface area contributed by atoms with E-state index in [9.17, 15) is 0 Å². The van der Waals surface area contributed by atoms with Gasteiger partial charge in [0, 0.05) is 18.1 Å². The van der Waals surface area contributed by atoms with Crippen LogP contribution in [0.5, 0.6) is 0 Å². The lowest BCUT2D eigenvalue weighted by atomic mass is 9.79. The van der Waals surface area contributed by atoms with Gasteiger partial charge in [-0.3, -0.25) is 4.99 Å². The summed E-state index contributed by atoms with van der Waals surface area (Å²) in [6.45, 7) is 11.4. The van der Waals surface area contributed by atoms with Crippen molar-refractivity contribution < 1.29 is 0 Å². The molecule has 0 radical (unpaired) electrons. The Bertz CT molecular complexity index is 1360. The van der Waals surface area contributed by atoms with Gasteiger partial charge < -0.3 is 0 Å². The summed E-state index contributed by atoms with van der Waals surface area (Å²) in [6.07, 6.45) is 33.7. The second-order valence-corrected chi connectivity index (χ2v) is 11.0. The van der Waals surface area contributed by atoms with Crippen molar-refractivity contribution in [2.45, 2.75) is 65.3 Å². The number of hydrogen-bond acceptors (Lipinski definition) is 1. The fourth-order valence-corrected chi connectivity index (χ4v) is 5.94. The smallest absolute Gasteiger partial charge is 0.0568 e. The van der Waals surface area contributed by atoms with E-state index in [0.29, 0.717) is 11.8 Å². The lowest BCUT2D eigenvalue weighted by Crippen LogP contribution is -2.14. The molecular weight excluding hydrogens is 458 g/mol. The first-order chi connectivity index (χ1) is 18.6. The average Bonchev–Trinajstić information content (AvgIpc) is 2.93. The second-order valence-electron chi connectivity index (χ2n) is 11.0. The highest BCUT2D eigenvalue weighted by molar-refractivity contribution is 5.86. The minimum absolute atomic E-state index is 0.280. The molecule has 0 aromatic heterocycles. The van der Waals surface area contributed by atoms with Crippen LogP contribution in [0.25, 0.3) is 11.1 Å². The maximum absolute atomic E-state index is 4.69. The Morgan fingerprint density at radius 2 is 1.87 bits per heavy atom. The Morgan fingerprint density at radius 3 is 2.68 bits per heavy atom. The molecule has 0 saturated carbocycles. The van der Waals surface area contributed by atoms with Gasteiger partial charge in [-0.25, -0.2) is 0 Å². The number of nitrogens with zero attached hydrogens (tertiary/aromatic N) is 1. The molecule has 1 aromatic carbocycles. The number of hydrogen-bond donors (Lipinski definition) is 0. The predicted octanol–water partition coefficient (Wildman–Crippen LogP) is 9.74. The van der Waals surface area contributed by atoms with E-state index in [1.807, 2.05) is 6.21 Å². The zero-order valence-electron chi connectivity index (χ0n) is 23.3. The van der Waals surface area contributed by atoms with Crippen molar-refractivity contribution in [1.82, 2.24) is 0 Å². The van der Waals surface area contributed by atoms with Crippen molar-refractivity contribution in [1.29, 1.82) is 0 Å². The molecule has 3 unspecified atom stereocenters. The zero-order chi connectivity index (χ0) is 26.5. The largest absolute Gasteiger partial charge is 0.289 e. The maximum Gasteiger partial charge on any atom is 0.0568 e. The Balaban J connectivity index is 1.61. The molecule has 1 heterocycles. The average molecular weight is 500 g/mol. The molecule has 194 valence electrons. The van der Waals surface area contributed by atoms with Crippen LogP contribution in [0.2, 0.25) is 0 Å². The van der Waals surface area contributed by atoms with E-state index in [4.69, 9.17) is 0 Å². The third kappa shape index (κ3) is 5.83. The highest BCUT2D eigenvalue weighted by Crippen LogP contribution is 2.39. The number of rotatable bonds is 5. The highest BCUT2D eigenvalue weighted by Gasteiger charge is 2.22. The predicted molar refractivity (Wildman–Crippen MR) is 166 cm³/mol. The molecule has 1 aromatic rings. The van der Waals surface area contributed by atoms with Gasteiger partial charge >= 0.3 is 0 Å². The molecular formula is C37H41N. The van der Waals surface area contributed by atoms with Crippen LogP contribution in [0.1, 0.15) is 69.6 Å². The van der Waals surface area contributed by atoms with E-state index in [-0.39, 0.29) is 6.04 Å². The molecule has 4 aliphatic rings. The summed E-state index contributed by atoms with van der Waals surface area (Å²) in [7, 11) is 0. The van der Waals surface area contributed by atoms with Crippen molar-refractivity contribution in [3.05, 3.63) is 131 Å². The summed E-state index contributed by atoms with van der Waals surface area (Å²) < 4.78 is 0. The Morgan fingerprint density at radius 1 is 1.00 bits per heavy atom. The molecule has 38 heavy (non-hydrogen) atoms. The quantitative estimate of drug-likeness (QED) is 0.382. The van der Waals surface area contributed by atoms with Crippen LogP contribution in [0.3, 0.4) is 0 Å². The molecule has 0 amide bonds. The van der Waals surface area contributed by atoms with E-state index >= 15 is 0 Å². The molecule has 0 fully saturated rings. The molecule has 4 bridgehead atoms. The standard InChI is InChI=1S/C37H41N/c1-5-28-22-34(31(6-2)24-33-14-10-20-38-27(33)4)25-35(23-28)37-15-8-7-13-32-18-16-29-11-9-12-30(21-29)17-19-36(37)26(32)3/h9-12,14-20,22-25,27,32-33H,3,5-8,13,21H2,1-2,4H3/b18-16-,30-17-,31-24+,36-19?,37-15?. The summed E-state index contributed by atoms with van der Waals surface area (Å²) >= 11 is 0. The van der Waals surface area contributed by atoms with Crippen molar-refractivity contribution >= 4 is 17.4 Å². The van der Waals surface area contributed by atoms with Crippen molar-refractivity contribution in [3.63, 3.8) is 0 Å². The van der Waals surface area contributed by atoms with Gasteiger partial charge in [0.1, 0.15) is 0 Å². The Kier molecular flexibility index (Phi) is 8.23. The summed E-state index contributed by atoms with van der Waals surface area (Å²) in [6, 6.07) is 7.51. The zero-order valence-corrected chi connectivity index (χ0v) is 23.3. The van der Waals surface area contributed by atoms with Gasteiger partial charge in [-0.05, 0) is 108 Å². The Labute approximate surface area is 229 Å². The molecule has 5 rings (SSSR count). The normalized spacial score (nSPS) is 27.4. The minimum Gasteiger partial charge on any atom is -0.289 e. The van der Waals surface area contributed by atoms with Gasteiger partial charge in [-0.1, -0.05) is 93.3 Å². The fraction of sp³-hybridized carbons (Fsp3) is 0.324. The van der Waals surface area contributed by atoms with E-state index in [0.717, 1.165) is 32.1 Å². The summed E-state index contributed by atoms with van der Waals surface area (Å²) in [5.74, 6) is 0.707. The van der Waals surface area contributed by atoms with Gasteiger partial charge in [0.25, 0.3) is 0 Å². The van der Waals surface area contributed by atoms with Crippen LogP contribution < -0.4 is 0 Å². The first kappa shape index (κ1) is 26.2. The van der Waals surface area contributed by atoms with Crippen LogP contribution in [0.15, 0.2) is 119 Å². The van der Waals surface area contributed by atoms with E-state index in [1.54, 1.807) is 0 Å². The second kappa shape index (κ2) is 11.9. The third-order valence-corrected chi connectivity index (χ3v) is 8.34. The van der Waals surface area contributed by atoms with Crippen molar-refractivity contribution in [3.8, 4) is 0 Å². The topological polar surface area (TPSA) is 12.4 Å². The maximum atomic E-state index is 4.69. The van der Waals surface area contributed by atoms with Gasteiger partial charge in [0.15, 0.2) is 0 Å². The van der Waals surface area contributed by atoms with Crippen LogP contribution in [0, 0.1) is 11.8 Å². The van der Waals surface area contributed by atoms with Crippen LogP contribution in [0.4, 0.5) is 0 Å². The SMILES string of the molecule is C=C1C2=C/C=C3/C=CC=C(/C=C\C1CCCC=C2c1cc(CC)cc(/C(=C/C2C=CC=NC2C)CC)c1)C3. The van der Waals surface area contributed by atoms with Gasteiger partial charge in [0.05, 0.1) is 6.04 Å². The van der Waals surface area contributed by atoms with Crippen LogP contribution in [-0.4, -0.2) is 12.3 Å². The van der Waals surface area contributed by atoms with Crippen molar-refractivity contribution in [2.24, 2.45) is 16.8 Å². The molecule has 1 heteroatoms. The molecule has 0 saturated heterocycles. The lowest BCUT2D eigenvalue weighted by Gasteiger charge is -2.26. The first-order valence-corrected chi connectivity index (χ1v) is 14.5. The summed E-state index contributed by atoms with van der Waals surface area (Å²) in [5.41, 5.74) is 12.0. The number of benzene rings is 1. The number of allylic oxidation sites excluding steroid dienone is 15. The van der Waals surface area contributed by atoms with Gasteiger partial charge in [-0.15, -0.1) is 0 Å². The third-order valence-electron chi connectivity index (χ3n) is 8.34. The van der Waals surface area contributed by atoms with Crippen LogP contribution in [-0.2, 0) is 6.42 Å². The molecule has 0 N–H and O–H groups in total. The monoisotopic (exact) mass is 499 g/mol. The number of aryl methyl sites for hydroxylation is 1. The van der Waals surface area contributed by atoms with E-state index < -0.39 is 0 Å². The van der Waals surface area contributed by atoms with Crippen molar-refractivity contribution in [2.75, 3.05) is 0 Å². The number of fused-ring (bicyclic) bond motifs is 4. The van der Waals surface area contributed by atoms with E-state index in [2.05, 4.69) is 117 Å². The number of aliphatic imine (C=N–C) groups is 1. The molecule has 1 aliphatic heterocycles. The highest BCUT2D eigenvalue weighted by atomic mass is 14.8. The molecule has 1 nitrogen and oxygen atoms in total. The number of dihydropyridines is 1. The summed E-state index contributed by atoms with van der Waals surface area (Å²) in [4.78, 5) is 4.63. The van der Waals surface area contributed by atoms with E-state index in [1.165, 1.54) is 56.5 Å². The lowest BCUT2D eigenvalue weighted by molar-refractivity contribution is 0.634. The molecule has 0 spiro atoms. The Hall–Kier alpha value is -3.45. The summed E-state index contributed by atoms with van der Waals surface area (Å²) in [5, 5.41) is 0. The molecule has 3 aliphatic carbocycles. The van der Waals surface area contributed by atoms with Gasteiger partial charge in [0.2, 0.25) is 0 Å². The molecule has 3 atom stereocenters. The van der Waals surface area contributed by atoms with Crippen LogP contribution >= 0.6 is 0 Å². The minimum atomic E-state index is 0.280. The van der Waals surface area contributed by atoms with Gasteiger partial charge in [-0.2, -0.15) is 0 Å². The fourth-order valence-electron chi connectivity index (χ4n) is 5.94. The first-order valence-electron chi connectivity index (χ1n) is 14.5.